The van der Waals surface area contributed by atoms with E-state index in [4.69, 9.17) is 9.47 Å². The summed E-state index contributed by atoms with van der Waals surface area (Å²) in [5.74, 6) is -4.48. The molecule has 0 radical (unpaired) electrons. The summed E-state index contributed by atoms with van der Waals surface area (Å²) in [7, 11) is 1.18. The van der Waals surface area contributed by atoms with E-state index in [1.807, 2.05) is 0 Å². The second-order valence-corrected chi connectivity index (χ2v) is 14.3. The van der Waals surface area contributed by atoms with E-state index in [1.165, 1.54) is 31.4 Å². The molecule has 2 aromatic rings. The summed E-state index contributed by atoms with van der Waals surface area (Å²) in [6.07, 6.45) is -0.378. The summed E-state index contributed by atoms with van der Waals surface area (Å²) in [6.45, 7) is 15.5. The summed E-state index contributed by atoms with van der Waals surface area (Å²) < 4.78 is 23.7. The first kappa shape index (κ1) is 40.8. The van der Waals surface area contributed by atoms with Crippen LogP contribution in [0.5, 0.6) is 0 Å². The molecule has 3 atom stereocenters. The number of ether oxygens (including phenoxy) is 2. The van der Waals surface area contributed by atoms with E-state index in [9.17, 15) is 33.2 Å². The number of amides is 4. The number of alkyl carbamates (subject to hydrolysis) is 1. The maximum absolute atomic E-state index is 13.7. The van der Waals surface area contributed by atoms with Crippen LogP contribution in [0.2, 0.25) is 0 Å². The van der Waals surface area contributed by atoms with Crippen LogP contribution in [0.1, 0.15) is 109 Å². The van der Waals surface area contributed by atoms with E-state index in [2.05, 4.69) is 21.3 Å². The van der Waals surface area contributed by atoms with Crippen molar-refractivity contribution in [3.8, 4) is 0 Å². The highest BCUT2D eigenvalue weighted by atomic mass is 32.1. The fraction of sp³-hybridized carbons (Fsp3) is 0.543. The zero-order chi connectivity index (χ0) is 37.2. The number of hydrogen-bond donors (Lipinski definition) is 4. The van der Waals surface area contributed by atoms with Crippen LogP contribution in [0, 0.1) is 24.6 Å². The van der Waals surface area contributed by atoms with E-state index in [-0.39, 0.29) is 45.8 Å². The Kier molecular flexibility index (Phi) is 14.9. The SMILES string of the molecule is CCC(C(=O)c1sc(C(=O)NCCNC(=O)[C@@H](NC(=O)[C@@H](NC(=O)OC(C)(C)C)C(C)C)C(C)C)c(C)c1C(=O)OC)c1ccc(F)cc1. The molecular weight excluding hydrogens is 655 g/mol. The number of rotatable bonds is 15. The minimum absolute atomic E-state index is 0.000501. The van der Waals surface area contributed by atoms with Crippen LogP contribution in [0.4, 0.5) is 9.18 Å². The summed E-state index contributed by atoms with van der Waals surface area (Å²) >= 11 is 0.869. The van der Waals surface area contributed by atoms with Gasteiger partial charge in [-0.1, -0.05) is 46.8 Å². The highest BCUT2D eigenvalue weighted by Gasteiger charge is 2.33. The monoisotopic (exact) mass is 704 g/mol. The zero-order valence-corrected chi connectivity index (χ0v) is 30.7. The molecule has 0 saturated carbocycles. The summed E-state index contributed by atoms with van der Waals surface area (Å²) in [6, 6.07) is 3.66. The lowest BCUT2D eigenvalue weighted by atomic mass is 9.90. The molecule has 0 spiro atoms. The molecule has 1 unspecified atom stereocenters. The lowest BCUT2D eigenvalue weighted by Gasteiger charge is -2.28. The lowest BCUT2D eigenvalue weighted by Crippen LogP contribution is -2.57. The number of esters is 1. The van der Waals surface area contributed by atoms with Gasteiger partial charge in [0.1, 0.15) is 23.5 Å². The Hall–Kier alpha value is -4.33. The van der Waals surface area contributed by atoms with Gasteiger partial charge in [0.25, 0.3) is 5.91 Å². The van der Waals surface area contributed by atoms with Gasteiger partial charge in [0.05, 0.1) is 22.4 Å². The number of hydrogen-bond acceptors (Lipinski definition) is 9. The van der Waals surface area contributed by atoms with Crippen LogP contribution >= 0.6 is 11.3 Å². The van der Waals surface area contributed by atoms with E-state index in [0.29, 0.717) is 12.0 Å². The zero-order valence-electron chi connectivity index (χ0n) is 29.9. The van der Waals surface area contributed by atoms with Gasteiger partial charge < -0.3 is 30.7 Å². The summed E-state index contributed by atoms with van der Waals surface area (Å²) in [5, 5.41) is 10.7. The summed E-state index contributed by atoms with van der Waals surface area (Å²) in [5.41, 5.74) is 0.0884. The van der Waals surface area contributed by atoms with Crippen molar-refractivity contribution in [1.82, 2.24) is 21.3 Å². The van der Waals surface area contributed by atoms with Crippen molar-refractivity contribution in [1.29, 1.82) is 0 Å². The molecule has 49 heavy (non-hydrogen) atoms. The molecule has 4 N–H and O–H groups in total. The maximum Gasteiger partial charge on any atom is 0.408 e. The lowest BCUT2D eigenvalue weighted by molar-refractivity contribution is -0.131. The molecule has 1 aromatic carbocycles. The smallest absolute Gasteiger partial charge is 0.408 e. The first-order valence-electron chi connectivity index (χ1n) is 16.2. The predicted molar refractivity (Wildman–Crippen MR) is 184 cm³/mol. The fourth-order valence-corrected chi connectivity index (χ4v) is 6.18. The normalized spacial score (nSPS) is 13.2. The van der Waals surface area contributed by atoms with E-state index >= 15 is 0 Å². The number of ketones is 1. The van der Waals surface area contributed by atoms with E-state index < -0.39 is 65.0 Å². The van der Waals surface area contributed by atoms with Crippen molar-refractivity contribution in [3.05, 3.63) is 56.5 Å². The summed E-state index contributed by atoms with van der Waals surface area (Å²) in [4.78, 5) is 78.4. The third kappa shape index (κ3) is 11.4. The number of thiophene rings is 1. The van der Waals surface area contributed by atoms with Gasteiger partial charge in [-0.3, -0.25) is 19.2 Å². The fourth-order valence-electron chi connectivity index (χ4n) is 4.98. The number of carbonyl (C=O) groups excluding carboxylic acids is 6. The topological polar surface area (TPSA) is 169 Å². The van der Waals surface area contributed by atoms with Gasteiger partial charge in [0, 0.05) is 19.0 Å². The number of carbonyl (C=O) groups is 6. The van der Waals surface area contributed by atoms with Crippen LogP contribution in [0.15, 0.2) is 24.3 Å². The molecule has 1 heterocycles. The number of halogens is 1. The predicted octanol–water partition coefficient (Wildman–Crippen LogP) is 4.89. The third-order valence-corrected chi connectivity index (χ3v) is 8.85. The molecule has 0 saturated heterocycles. The Balaban J connectivity index is 2.12. The molecule has 4 amide bonds. The van der Waals surface area contributed by atoms with Crippen LogP contribution < -0.4 is 21.3 Å². The van der Waals surface area contributed by atoms with Crippen molar-refractivity contribution in [2.45, 2.75) is 92.3 Å². The van der Waals surface area contributed by atoms with Crippen molar-refractivity contribution >= 4 is 46.9 Å². The van der Waals surface area contributed by atoms with Gasteiger partial charge in [-0.05, 0) is 69.2 Å². The Labute approximate surface area is 291 Å². The van der Waals surface area contributed by atoms with E-state index in [0.717, 1.165) is 11.3 Å². The third-order valence-electron chi connectivity index (χ3n) is 7.54. The van der Waals surface area contributed by atoms with Crippen LogP contribution in [0.3, 0.4) is 0 Å². The molecule has 0 fully saturated rings. The van der Waals surface area contributed by atoms with Crippen molar-refractivity contribution < 1.29 is 42.6 Å². The minimum atomic E-state index is -0.952. The average molecular weight is 705 g/mol. The van der Waals surface area contributed by atoms with Crippen molar-refractivity contribution in [3.63, 3.8) is 0 Å². The van der Waals surface area contributed by atoms with Gasteiger partial charge in [-0.15, -0.1) is 11.3 Å². The number of Topliss-reactive ketones (excluding diaryl/α,β-unsaturated/α-hetero) is 1. The molecule has 0 bridgehead atoms. The Morgan fingerprint density at radius 3 is 1.90 bits per heavy atom. The highest BCUT2D eigenvalue weighted by molar-refractivity contribution is 7.16. The van der Waals surface area contributed by atoms with Crippen molar-refractivity contribution in [2.24, 2.45) is 11.8 Å². The van der Waals surface area contributed by atoms with Gasteiger partial charge in [0.15, 0.2) is 5.78 Å². The molecule has 12 nitrogen and oxygen atoms in total. The average Bonchev–Trinajstić information content (AvgIpc) is 3.36. The first-order chi connectivity index (χ1) is 22.8. The molecule has 1 aromatic heterocycles. The Morgan fingerprint density at radius 2 is 1.39 bits per heavy atom. The molecule has 0 aliphatic rings. The van der Waals surface area contributed by atoms with Gasteiger partial charge in [-0.25, -0.2) is 14.0 Å². The van der Waals surface area contributed by atoms with Crippen LogP contribution in [-0.4, -0.2) is 73.5 Å². The maximum atomic E-state index is 13.7. The number of nitrogens with one attached hydrogen (secondary N) is 4. The molecule has 0 aliphatic heterocycles. The van der Waals surface area contributed by atoms with Gasteiger partial charge in [0.2, 0.25) is 11.8 Å². The number of benzene rings is 1. The quantitative estimate of drug-likeness (QED) is 0.115. The second-order valence-electron chi connectivity index (χ2n) is 13.3. The standard InChI is InChI=1S/C35H49FN4O8S/c1-11-23(21-12-14-22(36)15-13-21)27(41)29-24(33(45)47-10)20(6)28(49-29)32(44)38-17-16-37-30(42)25(18(2)3)39-31(43)26(19(4)5)40-34(46)48-35(7,8)9/h12-15,18-19,23,25-26H,11,16-17H2,1-10H3,(H,37,42)(H,38,44)(H,39,43)(H,40,46)/t23?,25-,26-/m0/s1. The number of methoxy groups -OCH3 is 1. The second kappa shape index (κ2) is 17.9. The molecule has 270 valence electrons. The van der Waals surface area contributed by atoms with Crippen LogP contribution in [-0.2, 0) is 19.1 Å². The molecule has 0 aliphatic carbocycles. The molecule has 2 rings (SSSR count). The molecular formula is C35H49FN4O8S. The Bertz CT molecular complexity index is 1510. The van der Waals surface area contributed by atoms with E-state index in [1.54, 1.807) is 62.3 Å². The minimum Gasteiger partial charge on any atom is -0.465 e. The first-order valence-corrected chi connectivity index (χ1v) is 17.0. The van der Waals surface area contributed by atoms with Gasteiger partial charge >= 0.3 is 12.1 Å². The van der Waals surface area contributed by atoms with Gasteiger partial charge in [-0.2, -0.15) is 0 Å². The van der Waals surface area contributed by atoms with Crippen molar-refractivity contribution in [2.75, 3.05) is 20.2 Å². The largest absolute Gasteiger partial charge is 0.465 e. The molecule has 14 heteroatoms. The highest BCUT2D eigenvalue weighted by Crippen LogP contribution is 2.34. The Morgan fingerprint density at radius 1 is 0.837 bits per heavy atom. The van der Waals surface area contributed by atoms with Crippen LogP contribution in [0.25, 0.3) is 0 Å².